The van der Waals surface area contributed by atoms with Crippen LogP contribution in [0.5, 0.6) is 0 Å². The summed E-state index contributed by atoms with van der Waals surface area (Å²) in [4.78, 5) is 33.1. The minimum atomic E-state index is -0.267. The summed E-state index contributed by atoms with van der Waals surface area (Å²) in [7, 11) is 1.71. The molecule has 2 heterocycles. The van der Waals surface area contributed by atoms with E-state index in [2.05, 4.69) is 10.3 Å². The summed E-state index contributed by atoms with van der Waals surface area (Å²) >= 11 is 0. The molecule has 1 aromatic carbocycles. The molecule has 0 atom stereocenters. The van der Waals surface area contributed by atoms with Gasteiger partial charge in [0.25, 0.3) is 5.91 Å². The van der Waals surface area contributed by atoms with Crippen LogP contribution < -0.4 is 5.32 Å². The molecule has 1 aliphatic rings. The molecule has 3 rings (SSSR count). The second-order valence-electron chi connectivity index (χ2n) is 6.60. The number of urea groups is 1. The van der Waals surface area contributed by atoms with E-state index in [1.807, 2.05) is 42.2 Å². The molecule has 0 aliphatic carbocycles. The van der Waals surface area contributed by atoms with Gasteiger partial charge in [0.15, 0.2) is 0 Å². The number of rotatable bonds is 4. The maximum absolute atomic E-state index is 12.9. The zero-order valence-corrected chi connectivity index (χ0v) is 15.2. The Kier molecular flexibility index (Phi) is 5.51. The van der Waals surface area contributed by atoms with Crippen LogP contribution in [0, 0.1) is 6.92 Å². The first-order chi connectivity index (χ1) is 12.6. The highest BCUT2D eigenvalue weighted by atomic mass is 16.2. The number of aromatic nitrogens is 1. The Morgan fingerprint density at radius 3 is 2.62 bits per heavy atom. The number of pyridine rings is 1. The molecule has 0 unspecified atom stereocenters. The molecule has 1 fully saturated rings. The van der Waals surface area contributed by atoms with E-state index >= 15 is 0 Å². The number of nitrogens with zero attached hydrogens (tertiary/aromatic N) is 3. The number of carbonyl (C=O) groups excluding carboxylic acids is 2. The highest BCUT2D eigenvalue weighted by Crippen LogP contribution is 2.24. The van der Waals surface area contributed by atoms with Crippen molar-refractivity contribution < 1.29 is 9.59 Å². The molecule has 0 spiro atoms. The first-order valence-electron chi connectivity index (χ1n) is 8.87. The van der Waals surface area contributed by atoms with Crippen molar-refractivity contribution >= 4 is 17.6 Å². The van der Waals surface area contributed by atoms with Crippen LogP contribution in [0.15, 0.2) is 42.6 Å². The topological polar surface area (TPSA) is 65.5 Å². The van der Waals surface area contributed by atoms with Crippen molar-refractivity contribution in [3.8, 4) is 0 Å². The molecule has 0 bridgehead atoms. The fourth-order valence-corrected chi connectivity index (χ4v) is 3.15. The third-order valence-corrected chi connectivity index (χ3v) is 4.59. The van der Waals surface area contributed by atoms with Crippen molar-refractivity contribution in [2.45, 2.75) is 26.3 Å². The first-order valence-corrected chi connectivity index (χ1v) is 8.87. The maximum Gasteiger partial charge on any atom is 0.321 e. The van der Waals surface area contributed by atoms with Crippen LogP contribution in [0.2, 0.25) is 0 Å². The number of benzene rings is 1. The predicted octanol–water partition coefficient (Wildman–Crippen LogP) is 3.29. The lowest BCUT2D eigenvalue weighted by Gasteiger charge is -2.22. The van der Waals surface area contributed by atoms with Gasteiger partial charge in [-0.2, -0.15) is 0 Å². The average molecular weight is 352 g/mol. The molecule has 1 aliphatic heterocycles. The van der Waals surface area contributed by atoms with Crippen LogP contribution in [-0.2, 0) is 6.54 Å². The van der Waals surface area contributed by atoms with Gasteiger partial charge in [0.05, 0.1) is 23.5 Å². The van der Waals surface area contributed by atoms with Crippen LogP contribution in [-0.4, -0.2) is 46.9 Å². The maximum atomic E-state index is 12.9. The summed E-state index contributed by atoms with van der Waals surface area (Å²) in [6, 6.07) is 10.9. The predicted molar refractivity (Wildman–Crippen MR) is 101 cm³/mol. The number of nitrogens with one attached hydrogen (secondary N) is 1. The van der Waals surface area contributed by atoms with Crippen molar-refractivity contribution in [2.75, 3.05) is 25.5 Å². The SMILES string of the molecule is Cc1cccc(NC(=O)N(C)Cc2ccccn2)c1C(=O)N1CCCC1. The van der Waals surface area contributed by atoms with Crippen molar-refractivity contribution in [2.24, 2.45) is 0 Å². The molecule has 0 radical (unpaired) electrons. The highest BCUT2D eigenvalue weighted by Gasteiger charge is 2.24. The van der Waals surface area contributed by atoms with Crippen LogP contribution in [0.4, 0.5) is 10.5 Å². The van der Waals surface area contributed by atoms with Crippen LogP contribution in [0.3, 0.4) is 0 Å². The van der Waals surface area contributed by atoms with Gasteiger partial charge in [-0.3, -0.25) is 9.78 Å². The Morgan fingerprint density at radius 2 is 1.92 bits per heavy atom. The summed E-state index contributed by atoms with van der Waals surface area (Å²) in [5.41, 5.74) is 2.81. The van der Waals surface area contributed by atoms with E-state index in [1.165, 1.54) is 0 Å². The lowest BCUT2D eigenvalue weighted by atomic mass is 10.1. The van der Waals surface area contributed by atoms with Gasteiger partial charge in [0.2, 0.25) is 0 Å². The van der Waals surface area contributed by atoms with E-state index in [-0.39, 0.29) is 11.9 Å². The Hall–Kier alpha value is -2.89. The Morgan fingerprint density at radius 1 is 1.15 bits per heavy atom. The molecule has 136 valence electrons. The first kappa shape index (κ1) is 17.9. The summed E-state index contributed by atoms with van der Waals surface area (Å²) in [6.07, 6.45) is 3.77. The molecule has 1 aromatic heterocycles. The monoisotopic (exact) mass is 352 g/mol. The Labute approximate surface area is 153 Å². The summed E-state index contributed by atoms with van der Waals surface area (Å²) < 4.78 is 0. The van der Waals surface area contributed by atoms with E-state index in [0.717, 1.165) is 37.2 Å². The van der Waals surface area contributed by atoms with Crippen LogP contribution in [0.1, 0.15) is 34.5 Å². The molecule has 3 amide bonds. The molecular weight excluding hydrogens is 328 g/mol. The van der Waals surface area contributed by atoms with Crippen LogP contribution >= 0.6 is 0 Å². The van der Waals surface area contributed by atoms with Gasteiger partial charge in [-0.25, -0.2) is 4.79 Å². The third-order valence-electron chi connectivity index (χ3n) is 4.59. The minimum absolute atomic E-state index is 0.0109. The van der Waals surface area contributed by atoms with E-state index in [9.17, 15) is 9.59 Å². The summed E-state index contributed by atoms with van der Waals surface area (Å²) in [5.74, 6) is -0.0109. The normalized spacial score (nSPS) is 13.5. The lowest BCUT2D eigenvalue weighted by molar-refractivity contribution is 0.0793. The lowest BCUT2D eigenvalue weighted by Crippen LogP contribution is -2.33. The fourth-order valence-electron chi connectivity index (χ4n) is 3.15. The van der Waals surface area contributed by atoms with E-state index in [0.29, 0.717) is 17.8 Å². The second-order valence-corrected chi connectivity index (χ2v) is 6.60. The van der Waals surface area contributed by atoms with Gasteiger partial charge < -0.3 is 15.1 Å². The third kappa shape index (κ3) is 4.02. The number of likely N-dealkylation sites (tertiary alicyclic amines) is 1. The fraction of sp³-hybridized carbons (Fsp3) is 0.350. The van der Waals surface area contributed by atoms with Gasteiger partial charge in [0.1, 0.15) is 0 Å². The molecule has 26 heavy (non-hydrogen) atoms. The van der Waals surface area contributed by atoms with Gasteiger partial charge in [-0.05, 0) is 43.5 Å². The molecule has 6 nitrogen and oxygen atoms in total. The van der Waals surface area contributed by atoms with Gasteiger partial charge in [-0.1, -0.05) is 18.2 Å². The van der Waals surface area contributed by atoms with Crippen LogP contribution in [0.25, 0.3) is 0 Å². The second kappa shape index (κ2) is 7.99. The zero-order valence-electron chi connectivity index (χ0n) is 15.2. The van der Waals surface area contributed by atoms with E-state index in [4.69, 9.17) is 0 Å². The standard InChI is InChI=1S/C20H24N4O2/c1-15-8-7-10-17(18(15)19(25)24-12-5-6-13-24)22-20(26)23(2)14-16-9-3-4-11-21-16/h3-4,7-11H,5-6,12-14H2,1-2H3,(H,22,26). The number of amides is 3. The van der Waals surface area contributed by atoms with E-state index < -0.39 is 0 Å². The van der Waals surface area contributed by atoms with Crippen molar-refractivity contribution in [3.63, 3.8) is 0 Å². The summed E-state index contributed by atoms with van der Waals surface area (Å²) in [5, 5.41) is 2.89. The molecule has 6 heteroatoms. The smallest absolute Gasteiger partial charge is 0.321 e. The molecule has 1 saturated heterocycles. The molecule has 1 N–H and O–H groups in total. The summed E-state index contributed by atoms with van der Waals surface area (Å²) in [6.45, 7) is 3.85. The number of anilines is 1. The number of carbonyl (C=O) groups is 2. The molecular formula is C20H24N4O2. The van der Waals surface area contributed by atoms with Crippen molar-refractivity contribution in [1.82, 2.24) is 14.8 Å². The van der Waals surface area contributed by atoms with Gasteiger partial charge in [-0.15, -0.1) is 0 Å². The molecule has 2 aromatic rings. The number of hydrogen-bond acceptors (Lipinski definition) is 3. The average Bonchev–Trinajstić information content (AvgIpc) is 3.17. The van der Waals surface area contributed by atoms with Crippen molar-refractivity contribution in [3.05, 3.63) is 59.4 Å². The van der Waals surface area contributed by atoms with Gasteiger partial charge in [0, 0.05) is 26.3 Å². The number of aryl methyl sites for hydroxylation is 1. The highest BCUT2D eigenvalue weighted by molar-refractivity contribution is 6.04. The Bertz CT molecular complexity index is 786. The Balaban J connectivity index is 1.75. The van der Waals surface area contributed by atoms with E-state index in [1.54, 1.807) is 24.2 Å². The number of hydrogen-bond donors (Lipinski definition) is 1. The quantitative estimate of drug-likeness (QED) is 0.918. The van der Waals surface area contributed by atoms with Gasteiger partial charge >= 0.3 is 6.03 Å². The van der Waals surface area contributed by atoms with Crippen molar-refractivity contribution in [1.29, 1.82) is 0 Å². The minimum Gasteiger partial charge on any atom is -0.339 e. The zero-order chi connectivity index (χ0) is 18.5. The molecule has 0 saturated carbocycles. The largest absolute Gasteiger partial charge is 0.339 e.